The van der Waals surface area contributed by atoms with E-state index < -0.39 is 0 Å². The molecule has 2 aromatic carbocycles. The van der Waals surface area contributed by atoms with Crippen molar-refractivity contribution in [3.05, 3.63) is 54.4 Å². The predicted octanol–water partition coefficient (Wildman–Crippen LogP) is 6.28. The Morgan fingerprint density at radius 2 is 1.33 bits per heavy atom. The zero-order valence-electron chi connectivity index (χ0n) is 13.9. The number of hydrogen-bond acceptors (Lipinski definition) is 3. The first-order valence-corrected chi connectivity index (χ1v) is 9.90. The van der Waals surface area contributed by atoms with Crippen molar-refractivity contribution in [1.82, 2.24) is 15.1 Å². The Balaban J connectivity index is 2.25. The fraction of sp³-hybridized carbons (Fsp3) is 0.188. The predicted molar refractivity (Wildman–Crippen MR) is 112 cm³/mol. The van der Waals surface area contributed by atoms with Gasteiger partial charge in [0.05, 0.1) is 31.2 Å². The molecule has 3 rings (SSSR count). The molecule has 0 unspecified atom stereocenters. The topological polar surface area (TPSA) is 46.6 Å². The average molecular weight is 487 g/mol. The van der Waals surface area contributed by atoms with Crippen molar-refractivity contribution in [2.45, 2.75) is 19.9 Å². The molecule has 0 saturated carbocycles. The van der Waals surface area contributed by atoms with E-state index in [1.165, 1.54) is 9.48 Å². The lowest BCUT2D eigenvalue weighted by molar-refractivity contribution is -0.647. The summed E-state index contributed by atoms with van der Waals surface area (Å²) in [5.74, 6) is 0.387. The van der Waals surface area contributed by atoms with Crippen LogP contribution in [0, 0.1) is 0 Å². The Hall–Kier alpha value is -0.950. The van der Waals surface area contributed by atoms with Crippen molar-refractivity contribution >= 4 is 75.6 Å². The van der Waals surface area contributed by atoms with Crippen molar-refractivity contribution in [2.24, 2.45) is 0 Å². The summed E-state index contributed by atoms with van der Waals surface area (Å²) in [7, 11) is 0. The smallest absolute Gasteiger partial charge is 0.288 e. The van der Waals surface area contributed by atoms with Crippen LogP contribution in [0.1, 0.15) is 13.8 Å². The summed E-state index contributed by atoms with van der Waals surface area (Å²) < 4.78 is 1.46. The van der Waals surface area contributed by atoms with E-state index in [0.29, 0.717) is 47.5 Å². The fourth-order valence-corrected chi connectivity index (χ4v) is 4.28. The second-order valence-electron chi connectivity index (χ2n) is 5.85. The Morgan fingerprint density at radius 3 is 1.81 bits per heavy atom. The summed E-state index contributed by atoms with van der Waals surface area (Å²) in [6.45, 7) is 3.91. The Kier molecular flexibility index (Phi) is 6.31. The van der Waals surface area contributed by atoms with Gasteiger partial charge < -0.3 is 0 Å². The number of tetrazole rings is 1. The molecule has 5 nitrogen and oxygen atoms in total. The van der Waals surface area contributed by atoms with E-state index in [-0.39, 0.29) is 6.04 Å². The highest BCUT2D eigenvalue weighted by atomic mass is 35.5. The minimum absolute atomic E-state index is 0.0578. The standard InChI is InChI=1S/C16H12Cl6N5/c1-7(2)23-16-24-27(15-12(21)5-9(18)6-13(15)22)25-26(16)14-10(19)3-8(17)4-11(14)20/h3-7H,1-2H3,(H,23,24,25)/q+1. The summed E-state index contributed by atoms with van der Waals surface area (Å²) in [6, 6.07) is 6.30. The number of hydrogen-bond donors (Lipinski definition) is 1. The van der Waals surface area contributed by atoms with E-state index >= 15 is 0 Å². The van der Waals surface area contributed by atoms with E-state index in [1.807, 2.05) is 13.8 Å². The molecule has 0 fully saturated rings. The lowest BCUT2D eigenvalue weighted by atomic mass is 10.3. The number of anilines is 1. The summed E-state index contributed by atoms with van der Waals surface area (Å²) >= 11 is 37.3. The van der Waals surface area contributed by atoms with Crippen LogP contribution in [0.25, 0.3) is 11.4 Å². The van der Waals surface area contributed by atoms with E-state index in [4.69, 9.17) is 69.6 Å². The van der Waals surface area contributed by atoms with Gasteiger partial charge in [-0.1, -0.05) is 74.3 Å². The first-order chi connectivity index (χ1) is 12.7. The van der Waals surface area contributed by atoms with Gasteiger partial charge in [-0.15, -0.1) is 0 Å². The second kappa shape index (κ2) is 8.19. The molecular formula is C16H12Cl6N5+. The van der Waals surface area contributed by atoms with Crippen LogP contribution in [-0.2, 0) is 0 Å². The molecule has 0 aliphatic carbocycles. The molecule has 0 atom stereocenters. The molecule has 0 bridgehead atoms. The molecule has 3 aromatic rings. The highest BCUT2D eigenvalue weighted by molar-refractivity contribution is 6.41. The Bertz CT molecular complexity index is 971. The largest absolute Gasteiger partial charge is 0.404 e. The van der Waals surface area contributed by atoms with Crippen LogP contribution in [0.4, 0.5) is 5.95 Å². The van der Waals surface area contributed by atoms with Gasteiger partial charge in [0.2, 0.25) is 0 Å². The lowest BCUT2D eigenvalue weighted by Gasteiger charge is -2.06. The number of nitrogens with one attached hydrogen (secondary N) is 1. The van der Waals surface area contributed by atoms with Crippen LogP contribution >= 0.6 is 69.6 Å². The van der Waals surface area contributed by atoms with Gasteiger partial charge in [-0.05, 0) is 42.9 Å². The summed E-state index contributed by atoms with van der Waals surface area (Å²) in [6.07, 6.45) is 0. The number of nitrogens with zero attached hydrogens (tertiary/aromatic N) is 4. The molecule has 1 heterocycles. The molecule has 0 amide bonds. The summed E-state index contributed by atoms with van der Waals surface area (Å²) in [5, 5.41) is 14.1. The molecule has 27 heavy (non-hydrogen) atoms. The Morgan fingerprint density at radius 1 is 0.852 bits per heavy atom. The van der Waals surface area contributed by atoms with Gasteiger partial charge in [0.25, 0.3) is 0 Å². The lowest BCUT2D eigenvalue weighted by Crippen LogP contribution is -2.38. The van der Waals surface area contributed by atoms with Crippen LogP contribution in [0.15, 0.2) is 24.3 Å². The SMILES string of the molecule is CC(C)Nc1nn(-c2c(Cl)cc(Cl)cc2Cl)n[n+]1-c1c(Cl)cc(Cl)cc1Cl. The highest BCUT2D eigenvalue weighted by Gasteiger charge is 2.28. The number of aromatic nitrogens is 4. The van der Waals surface area contributed by atoms with Crippen LogP contribution in [0.3, 0.4) is 0 Å². The first kappa shape index (κ1) is 20.8. The van der Waals surface area contributed by atoms with E-state index in [9.17, 15) is 0 Å². The first-order valence-electron chi connectivity index (χ1n) is 7.63. The molecular weight excluding hydrogens is 475 g/mol. The Labute approximate surface area is 185 Å². The maximum atomic E-state index is 6.35. The maximum absolute atomic E-state index is 6.35. The quantitative estimate of drug-likeness (QED) is 0.441. The zero-order valence-corrected chi connectivity index (χ0v) is 18.5. The van der Waals surface area contributed by atoms with Crippen LogP contribution in [0.5, 0.6) is 0 Å². The van der Waals surface area contributed by atoms with Crippen molar-refractivity contribution in [3.63, 3.8) is 0 Å². The number of rotatable bonds is 4. The fourth-order valence-electron chi connectivity index (χ4n) is 2.34. The van der Waals surface area contributed by atoms with Crippen LogP contribution in [0.2, 0.25) is 30.1 Å². The third-order valence-corrected chi connectivity index (χ3v) is 4.95. The van der Waals surface area contributed by atoms with Gasteiger partial charge in [0, 0.05) is 15.3 Å². The number of benzene rings is 2. The molecule has 0 radical (unpaired) electrons. The van der Waals surface area contributed by atoms with Crippen molar-refractivity contribution in [3.8, 4) is 11.4 Å². The van der Waals surface area contributed by atoms with Gasteiger partial charge in [-0.3, -0.25) is 5.32 Å². The maximum Gasteiger partial charge on any atom is 0.404 e. The van der Waals surface area contributed by atoms with Gasteiger partial charge in [0.1, 0.15) is 0 Å². The second-order valence-corrected chi connectivity index (χ2v) is 8.35. The third kappa shape index (κ3) is 4.39. The van der Waals surface area contributed by atoms with Crippen molar-refractivity contribution in [1.29, 1.82) is 0 Å². The minimum atomic E-state index is 0.0578. The van der Waals surface area contributed by atoms with Crippen LogP contribution in [-0.4, -0.2) is 21.2 Å². The summed E-state index contributed by atoms with van der Waals surface area (Å²) in [5.41, 5.74) is 0.785. The summed E-state index contributed by atoms with van der Waals surface area (Å²) in [4.78, 5) is 1.28. The molecule has 11 heteroatoms. The van der Waals surface area contributed by atoms with Crippen molar-refractivity contribution in [2.75, 3.05) is 5.32 Å². The zero-order chi connectivity index (χ0) is 19.9. The third-order valence-electron chi connectivity index (χ3n) is 3.36. The molecule has 0 saturated heterocycles. The van der Waals surface area contributed by atoms with Crippen molar-refractivity contribution < 1.29 is 4.68 Å². The molecule has 142 valence electrons. The molecule has 0 aliphatic heterocycles. The monoisotopic (exact) mass is 484 g/mol. The van der Waals surface area contributed by atoms with Crippen LogP contribution < -0.4 is 10.00 Å². The minimum Gasteiger partial charge on any atom is -0.288 e. The van der Waals surface area contributed by atoms with E-state index in [1.54, 1.807) is 24.3 Å². The van der Waals surface area contributed by atoms with Gasteiger partial charge in [0.15, 0.2) is 11.4 Å². The number of halogens is 6. The van der Waals surface area contributed by atoms with Gasteiger partial charge >= 0.3 is 5.95 Å². The molecule has 0 spiro atoms. The molecule has 1 N–H and O–H groups in total. The van der Waals surface area contributed by atoms with E-state index in [0.717, 1.165) is 0 Å². The van der Waals surface area contributed by atoms with Gasteiger partial charge in [-0.25, -0.2) is 0 Å². The highest BCUT2D eigenvalue weighted by Crippen LogP contribution is 2.32. The normalized spacial score (nSPS) is 11.3. The van der Waals surface area contributed by atoms with E-state index in [2.05, 4.69) is 15.6 Å². The van der Waals surface area contributed by atoms with Gasteiger partial charge in [-0.2, -0.15) is 0 Å². The molecule has 0 aliphatic rings. The molecule has 1 aromatic heterocycles. The average Bonchev–Trinajstić information content (AvgIpc) is 2.87.